The summed E-state index contributed by atoms with van der Waals surface area (Å²) in [5.41, 5.74) is 3.52. The third kappa shape index (κ3) is 1.80. The number of hydrogen-bond acceptors (Lipinski definition) is 1. The largest absolute Gasteiger partial charge is 0.192 e. The SMILES string of the molecule is CCc1ccc2c(C3CC3)cc(C#N)cc2c1. The molecular weight excluding hydrogens is 206 g/mol. The fourth-order valence-electron chi connectivity index (χ4n) is 2.47. The van der Waals surface area contributed by atoms with Crippen molar-refractivity contribution in [3.8, 4) is 6.07 Å². The Labute approximate surface area is 102 Å². The molecule has 0 bridgehead atoms. The normalized spacial score (nSPS) is 14.8. The van der Waals surface area contributed by atoms with Crippen molar-refractivity contribution in [2.75, 3.05) is 0 Å². The summed E-state index contributed by atoms with van der Waals surface area (Å²) in [6.07, 6.45) is 3.60. The van der Waals surface area contributed by atoms with Crippen molar-refractivity contribution in [1.82, 2.24) is 0 Å². The number of hydrogen-bond donors (Lipinski definition) is 0. The van der Waals surface area contributed by atoms with Gasteiger partial charge in [-0.1, -0.05) is 25.1 Å². The fraction of sp³-hybridized carbons (Fsp3) is 0.312. The molecule has 1 aliphatic carbocycles. The van der Waals surface area contributed by atoms with Crippen molar-refractivity contribution in [1.29, 1.82) is 5.26 Å². The molecule has 0 atom stereocenters. The van der Waals surface area contributed by atoms with Gasteiger partial charge in [0.15, 0.2) is 0 Å². The van der Waals surface area contributed by atoms with Crippen molar-refractivity contribution >= 4 is 10.8 Å². The van der Waals surface area contributed by atoms with Gasteiger partial charge in [0.2, 0.25) is 0 Å². The summed E-state index contributed by atoms with van der Waals surface area (Å²) in [5.74, 6) is 0.693. The molecule has 0 radical (unpaired) electrons. The van der Waals surface area contributed by atoms with Crippen LogP contribution in [0.15, 0.2) is 30.3 Å². The minimum Gasteiger partial charge on any atom is -0.192 e. The Hall–Kier alpha value is -1.81. The van der Waals surface area contributed by atoms with Crippen LogP contribution in [-0.4, -0.2) is 0 Å². The first-order chi connectivity index (χ1) is 8.31. The van der Waals surface area contributed by atoms with E-state index in [0.717, 1.165) is 12.0 Å². The average Bonchev–Trinajstić information content (AvgIpc) is 3.20. The van der Waals surface area contributed by atoms with Crippen LogP contribution in [-0.2, 0) is 6.42 Å². The number of nitrogens with zero attached hydrogens (tertiary/aromatic N) is 1. The summed E-state index contributed by atoms with van der Waals surface area (Å²) in [7, 11) is 0. The average molecular weight is 221 g/mol. The van der Waals surface area contributed by atoms with Gasteiger partial charge in [-0.15, -0.1) is 0 Å². The zero-order valence-corrected chi connectivity index (χ0v) is 10.0. The standard InChI is InChI=1S/C16H15N/c1-2-11-3-6-15-14(7-11)8-12(10-17)9-16(15)13-4-5-13/h3,6-9,13H,2,4-5H2,1H3. The molecule has 0 N–H and O–H groups in total. The van der Waals surface area contributed by atoms with E-state index in [-0.39, 0.29) is 0 Å². The Morgan fingerprint density at radius 3 is 2.71 bits per heavy atom. The topological polar surface area (TPSA) is 23.8 Å². The van der Waals surface area contributed by atoms with E-state index in [9.17, 15) is 0 Å². The lowest BCUT2D eigenvalue weighted by atomic mass is 9.96. The van der Waals surface area contributed by atoms with Crippen molar-refractivity contribution < 1.29 is 0 Å². The maximum Gasteiger partial charge on any atom is 0.0991 e. The first-order valence-corrected chi connectivity index (χ1v) is 6.28. The quantitative estimate of drug-likeness (QED) is 0.747. The molecule has 2 aromatic rings. The molecule has 0 amide bonds. The first kappa shape index (κ1) is 10.4. The van der Waals surface area contributed by atoms with Crippen molar-refractivity contribution in [3.05, 3.63) is 47.0 Å². The lowest BCUT2D eigenvalue weighted by molar-refractivity contribution is 1.13. The molecule has 0 saturated heterocycles. The molecule has 0 unspecified atom stereocenters. The molecule has 0 spiro atoms. The van der Waals surface area contributed by atoms with Crippen molar-refractivity contribution in [2.24, 2.45) is 0 Å². The minimum atomic E-state index is 0.693. The van der Waals surface area contributed by atoms with Crippen LogP contribution in [0.25, 0.3) is 10.8 Å². The number of aryl methyl sites for hydroxylation is 1. The van der Waals surface area contributed by atoms with Crippen LogP contribution in [0.2, 0.25) is 0 Å². The van der Waals surface area contributed by atoms with Gasteiger partial charge < -0.3 is 0 Å². The Morgan fingerprint density at radius 2 is 2.06 bits per heavy atom. The predicted molar refractivity (Wildman–Crippen MR) is 70.0 cm³/mol. The molecule has 17 heavy (non-hydrogen) atoms. The predicted octanol–water partition coefficient (Wildman–Crippen LogP) is 4.15. The zero-order valence-electron chi connectivity index (χ0n) is 10.0. The second-order valence-electron chi connectivity index (χ2n) is 4.86. The Bertz CT molecular complexity index is 615. The van der Waals surface area contributed by atoms with Gasteiger partial charge in [0.25, 0.3) is 0 Å². The van der Waals surface area contributed by atoms with Crippen molar-refractivity contribution in [3.63, 3.8) is 0 Å². The highest BCUT2D eigenvalue weighted by molar-refractivity contribution is 5.88. The molecular formula is C16H15N. The van der Waals surface area contributed by atoms with E-state index in [1.807, 2.05) is 6.07 Å². The molecule has 1 nitrogen and oxygen atoms in total. The lowest BCUT2D eigenvalue weighted by Crippen LogP contribution is -1.88. The Morgan fingerprint density at radius 1 is 1.24 bits per heavy atom. The Balaban J connectivity index is 2.28. The lowest BCUT2D eigenvalue weighted by Gasteiger charge is -2.08. The number of rotatable bonds is 2. The van der Waals surface area contributed by atoms with Crippen LogP contribution in [0.3, 0.4) is 0 Å². The number of fused-ring (bicyclic) bond motifs is 1. The maximum atomic E-state index is 9.10. The first-order valence-electron chi connectivity index (χ1n) is 6.28. The highest BCUT2D eigenvalue weighted by Crippen LogP contribution is 2.43. The highest BCUT2D eigenvalue weighted by Gasteiger charge is 2.25. The smallest absolute Gasteiger partial charge is 0.0991 e. The van der Waals surface area contributed by atoms with Crippen LogP contribution in [0.5, 0.6) is 0 Å². The van der Waals surface area contributed by atoms with Crippen LogP contribution in [0.4, 0.5) is 0 Å². The van der Waals surface area contributed by atoms with Gasteiger partial charge >= 0.3 is 0 Å². The zero-order chi connectivity index (χ0) is 11.8. The molecule has 3 rings (SSSR count). The van der Waals surface area contributed by atoms with Gasteiger partial charge in [-0.3, -0.25) is 0 Å². The van der Waals surface area contributed by atoms with Gasteiger partial charge in [-0.05, 0) is 59.2 Å². The summed E-state index contributed by atoms with van der Waals surface area (Å²) in [6, 6.07) is 13.0. The van der Waals surface area contributed by atoms with E-state index in [1.165, 1.54) is 34.7 Å². The van der Waals surface area contributed by atoms with Crippen molar-refractivity contribution in [2.45, 2.75) is 32.1 Å². The monoisotopic (exact) mass is 221 g/mol. The summed E-state index contributed by atoms with van der Waals surface area (Å²) in [5, 5.41) is 11.7. The molecule has 1 aliphatic rings. The van der Waals surface area contributed by atoms with E-state index in [1.54, 1.807) is 0 Å². The molecule has 1 heteroatoms. The fourth-order valence-corrected chi connectivity index (χ4v) is 2.47. The van der Waals surface area contributed by atoms with Gasteiger partial charge in [0.1, 0.15) is 0 Å². The summed E-state index contributed by atoms with van der Waals surface area (Å²) >= 11 is 0. The highest BCUT2D eigenvalue weighted by atomic mass is 14.3. The molecule has 0 heterocycles. The summed E-state index contributed by atoms with van der Waals surface area (Å²) in [4.78, 5) is 0. The number of benzene rings is 2. The van der Waals surface area contributed by atoms with Gasteiger partial charge in [0.05, 0.1) is 11.6 Å². The maximum absolute atomic E-state index is 9.10. The van der Waals surface area contributed by atoms with E-state index in [4.69, 9.17) is 5.26 Å². The van der Waals surface area contributed by atoms with Gasteiger partial charge in [-0.25, -0.2) is 0 Å². The second kappa shape index (κ2) is 3.89. The van der Waals surface area contributed by atoms with Crippen LogP contribution >= 0.6 is 0 Å². The molecule has 1 fully saturated rings. The van der Waals surface area contributed by atoms with E-state index < -0.39 is 0 Å². The molecule has 0 aliphatic heterocycles. The molecule has 1 saturated carbocycles. The summed E-state index contributed by atoms with van der Waals surface area (Å²) in [6.45, 7) is 2.16. The minimum absolute atomic E-state index is 0.693. The number of nitriles is 1. The third-order valence-electron chi connectivity index (χ3n) is 3.60. The van der Waals surface area contributed by atoms with Crippen LogP contribution < -0.4 is 0 Å². The van der Waals surface area contributed by atoms with Crippen LogP contribution in [0.1, 0.15) is 42.4 Å². The third-order valence-corrected chi connectivity index (χ3v) is 3.60. The second-order valence-corrected chi connectivity index (χ2v) is 4.86. The van der Waals surface area contributed by atoms with Gasteiger partial charge in [-0.2, -0.15) is 5.26 Å². The Kier molecular flexibility index (Phi) is 2.37. The van der Waals surface area contributed by atoms with E-state index in [2.05, 4.69) is 37.3 Å². The van der Waals surface area contributed by atoms with E-state index >= 15 is 0 Å². The van der Waals surface area contributed by atoms with Crippen LogP contribution in [0, 0.1) is 11.3 Å². The molecule has 0 aromatic heterocycles. The van der Waals surface area contributed by atoms with Gasteiger partial charge in [0, 0.05) is 0 Å². The molecule has 2 aromatic carbocycles. The summed E-state index contributed by atoms with van der Waals surface area (Å²) < 4.78 is 0. The molecule has 84 valence electrons. The van der Waals surface area contributed by atoms with E-state index in [0.29, 0.717) is 5.92 Å².